The first-order chi connectivity index (χ1) is 10.1. The van der Waals surface area contributed by atoms with Gasteiger partial charge in [-0.2, -0.15) is 12.8 Å². The second-order valence-corrected chi connectivity index (χ2v) is 6.31. The number of benzene rings is 1. The van der Waals surface area contributed by atoms with Gasteiger partial charge in [0.2, 0.25) is 11.7 Å². The van der Waals surface area contributed by atoms with Gasteiger partial charge in [-0.15, -0.1) is 3.89 Å². The van der Waals surface area contributed by atoms with Crippen LogP contribution in [-0.4, -0.2) is 31.5 Å². The third kappa shape index (κ3) is 3.30. The molecule has 1 aliphatic rings. The molecule has 0 spiro atoms. The quantitative estimate of drug-likeness (QED) is 0.378. The number of rotatable bonds is 4. The van der Waals surface area contributed by atoms with Gasteiger partial charge < -0.3 is 10.6 Å². The number of halogens is 2. The molecular weight excluding hydrogens is 324 g/mol. The number of carbonyl (C=O) groups is 1. The molecule has 2 N–H and O–H groups in total. The van der Waals surface area contributed by atoms with Gasteiger partial charge in [-0.1, -0.05) is 0 Å². The van der Waals surface area contributed by atoms with Gasteiger partial charge in [-0.05, 0) is 0 Å². The smallest absolute Gasteiger partial charge is 0.307 e. The Bertz CT molecular complexity index is 752. The summed E-state index contributed by atoms with van der Waals surface area (Å²) in [6, 6.07) is 1.51. The second kappa shape index (κ2) is 5.48. The van der Waals surface area contributed by atoms with E-state index in [-0.39, 0.29) is 24.3 Å². The fourth-order valence-corrected chi connectivity index (χ4v) is 3.13. The molecule has 11 heteroatoms. The van der Waals surface area contributed by atoms with Gasteiger partial charge in [-0.25, -0.2) is 0 Å². The molecule has 1 amide bonds. The number of hydrogen-bond donors (Lipinski definition) is 1. The zero-order valence-corrected chi connectivity index (χ0v) is 11.8. The van der Waals surface area contributed by atoms with Gasteiger partial charge >= 0.3 is 15.9 Å². The van der Waals surface area contributed by atoms with Crippen LogP contribution in [0.2, 0.25) is 0 Å². The molecule has 8 nitrogen and oxygen atoms in total. The van der Waals surface area contributed by atoms with E-state index in [1.807, 2.05) is 0 Å². The second-order valence-electron chi connectivity index (χ2n) is 4.90. The van der Waals surface area contributed by atoms with Gasteiger partial charge in [0.15, 0.2) is 0 Å². The molecule has 1 atom stereocenters. The van der Waals surface area contributed by atoms with E-state index in [1.54, 1.807) is 0 Å². The lowest BCUT2D eigenvalue weighted by atomic mass is 10.1. The molecule has 0 bridgehead atoms. The van der Waals surface area contributed by atoms with Gasteiger partial charge in [0.25, 0.3) is 0 Å². The Kier molecular flexibility index (Phi) is 4.00. The Labute approximate surface area is 123 Å². The van der Waals surface area contributed by atoms with Crippen molar-refractivity contribution < 1.29 is 26.4 Å². The Balaban J connectivity index is 2.34. The lowest BCUT2D eigenvalue weighted by Gasteiger charge is -2.18. The number of amides is 1. The Morgan fingerprint density at radius 3 is 2.64 bits per heavy atom. The Morgan fingerprint density at radius 1 is 1.45 bits per heavy atom. The molecule has 0 aromatic heterocycles. The van der Waals surface area contributed by atoms with E-state index in [4.69, 9.17) is 5.73 Å². The van der Waals surface area contributed by atoms with Crippen LogP contribution >= 0.6 is 0 Å². The van der Waals surface area contributed by atoms with E-state index >= 15 is 0 Å². The minimum absolute atomic E-state index is 0.100. The molecule has 1 aromatic carbocycles. The molecule has 0 aliphatic carbocycles. The zero-order chi connectivity index (χ0) is 16.7. The van der Waals surface area contributed by atoms with E-state index in [0.29, 0.717) is 6.07 Å². The lowest BCUT2D eigenvalue weighted by Crippen LogP contribution is -2.26. The van der Waals surface area contributed by atoms with Crippen LogP contribution in [0.5, 0.6) is 0 Å². The number of nitrogen functional groups attached to an aromatic ring is 1. The van der Waals surface area contributed by atoms with Crippen molar-refractivity contribution in [1.29, 1.82) is 0 Å². The average molecular weight is 335 g/mol. The molecule has 1 saturated heterocycles. The van der Waals surface area contributed by atoms with Crippen molar-refractivity contribution in [3.63, 3.8) is 0 Å². The van der Waals surface area contributed by atoms with Crippen molar-refractivity contribution in [2.24, 2.45) is 5.92 Å². The predicted molar refractivity (Wildman–Crippen MR) is 72.8 cm³/mol. The maximum atomic E-state index is 13.4. The van der Waals surface area contributed by atoms with Crippen molar-refractivity contribution in [1.82, 2.24) is 0 Å². The number of carbonyl (C=O) groups excluding carboxylic acids is 1. The minimum atomic E-state index is -4.75. The summed E-state index contributed by atoms with van der Waals surface area (Å²) in [6.07, 6.45) is -0.242. The van der Waals surface area contributed by atoms with Crippen LogP contribution in [0.25, 0.3) is 0 Å². The molecule has 1 aromatic rings. The molecule has 1 unspecified atom stereocenters. The molecule has 120 valence electrons. The first-order valence-corrected chi connectivity index (χ1v) is 7.60. The highest BCUT2D eigenvalue weighted by Gasteiger charge is 2.35. The SMILES string of the molecule is Nc1cc(F)c([N+](=O)[O-])cc1N1CC(CS(=O)(=O)F)CC1=O. The van der Waals surface area contributed by atoms with Crippen LogP contribution < -0.4 is 10.6 Å². The number of hydrogen-bond acceptors (Lipinski definition) is 6. The first-order valence-electron chi connectivity index (χ1n) is 6.04. The normalized spacial score (nSPS) is 18.7. The number of anilines is 2. The van der Waals surface area contributed by atoms with E-state index in [2.05, 4.69) is 0 Å². The van der Waals surface area contributed by atoms with Crippen LogP contribution in [0, 0.1) is 21.8 Å². The highest BCUT2D eigenvalue weighted by atomic mass is 32.3. The van der Waals surface area contributed by atoms with Crippen molar-refractivity contribution in [3.8, 4) is 0 Å². The summed E-state index contributed by atoms with van der Waals surface area (Å²) in [5.41, 5.74) is 4.39. The maximum Gasteiger partial charge on any atom is 0.307 e. The summed E-state index contributed by atoms with van der Waals surface area (Å²) in [4.78, 5) is 22.6. The molecule has 1 fully saturated rings. The average Bonchev–Trinajstić information content (AvgIpc) is 2.67. The van der Waals surface area contributed by atoms with Crippen molar-refractivity contribution in [2.45, 2.75) is 6.42 Å². The highest BCUT2D eigenvalue weighted by Crippen LogP contribution is 2.34. The van der Waals surface area contributed by atoms with E-state index in [1.165, 1.54) is 0 Å². The highest BCUT2D eigenvalue weighted by molar-refractivity contribution is 7.86. The number of nitro groups is 1. The molecule has 1 heterocycles. The minimum Gasteiger partial charge on any atom is -0.397 e. The summed E-state index contributed by atoms with van der Waals surface area (Å²) in [5, 5.41) is 10.7. The van der Waals surface area contributed by atoms with Crippen LogP contribution in [0.3, 0.4) is 0 Å². The fraction of sp³-hybridized carbons (Fsp3) is 0.364. The lowest BCUT2D eigenvalue weighted by molar-refractivity contribution is -0.387. The molecule has 0 radical (unpaired) electrons. The van der Waals surface area contributed by atoms with Crippen LogP contribution in [0.1, 0.15) is 6.42 Å². The van der Waals surface area contributed by atoms with E-state index in [9.17, 15) is 31.6 Å². The first kappa shape index (κ1) is 16.1. The van der Waals surface area contributed by atoms with Crippen LogP contribution in [-0.2, 0) is 15.0 Å². The van der Waals surface area contributed by atoms with E-state index in [0.717, 1.165) is 11.0 Å². The van der Waals surface area contributed by atoms with Gasteiger partial charge in [0.05, 0.1) is 22.1 Å². The Morgan fingerprint density at radius 2 is 2.09 bits per heavy atom. The summed E-state index contributed by atoms with van der Waals surface area (Å²) < 4.78 is 47.4. The van der Waals surface area contributed by atoms with Gasteiger partial charge in [0, 0.05) is 31.0 Å². The molecule has 22 heavy (non-hydrogen) atoms. The summed E-state index contributed by atoms with van der Waals surface area (Å²) in [5.74, 6) is -3.36. The zero-order valence-electron chi connectivity index (χ0n) is 11.0. The number of nitrogens with zero attached hydrogens (tertiary/aromatic N) is 2. The molecular formula is C11H11F2N3O5S. The summed E-state index contributed by atoms with van der Waals surface area (Å²) in [7, 11) is -4.75. The van der Waals surface area contributed by atoms with Crippen molar-refractivity contribution in [2.75, 3.05) is 22.9 Å². The van der Waals surface area contributed by atoms with Crippen LogP contribution in [0.15, 0.2) is 12.1 Å². The topological polar surface area (TPSA) is 124 Å². The Hall–Kier alpha value is -2.30. The third-order valence-corrected chi connectivity index (χ3v) is 4.09. The van der Waals surface area contributed by atoms with Gasteiger partial charge in [0.1, 0.15) is 0 Å². The summed E-state index contributed by atoms with van der Waals surface area (Å²) >= 11 is 0. The maximum absolute atomic E-state index is 13.4. The van der Waals surface area contributed by atoms with Crippen molar-refractivity contribution >= 4 is 33.2 Å². The fourth-order valence-electron chi connectivity index (χ4n) is 2.35. The monoisotopic (exact) mass is 335 g/mol. The molecule has 0 saturated carbocycles. The van der Waals surface area contributed by atoms with E-state index < -0.39 is 44.2 Å². The standard InChI is InChI=1S/C11H11F2N3O5S/c12-7-2-8(14)10(3-9(7)16(18)19)15-4-6(1-11(15)17)5-22(13,20)21/h2-3,6H,1,4-5,14H2. The van der Waals surface area contributed by atoms with Gasteiger partial charge in [-0.3, -0.25) is 14.9 Å². The van der Waals surface area contributed by atoms with Crippen LogP contribution in [0.4, 0.5) is 25.3 Å². The number of nitrogens with two attached hydrogens (primary N) is 1. The number of nitro benzene ring substituents is 1. The molecule has 1 aliphatic heterocycles. The predicted octanol–water partition coefficient (Wildman–Crippen LogP) is 0.968. The van der Waals surface area contributed by atoms with Crippen molar-refractivity contribution in [3.05, 3.63) is 28.1 Å². The summed E-state index contributed by atoms with van der Waals surface area (Å²) in [6.45, 7) is -0.172. The molecule has 2 rings (SSSR count). The largest absolute Gasteiger partial charge is 0.397 e. The third-order valence-electron chi connectivity index (χ3n) is 3.22.